The zero-order valence-electron chi connectivity index (χ0n) is 20.8. The summed E-state index contributed by atoms with van der Waals surface area (Å²) in [5.41, 5.74) is 11.5. The standard InChI is InChI=1S/C26H27N9O3/c1-12(36)20-22(14-7-16-3-4-17(8-14)34(16)26(38)24-29-11-30-33-24)32-25-18(10-31-35(25)23(20)27)15-6-13-2-5-19(37)21(13)28-9-15/h6,9-11,14,16-17,19,37H,2-5,7-8,27H2,1H3,(H,29,30,33)/t14?,16-,17+,19?. The number of nitrogens with zero attached hydrogens (tertiary/aromatic N) is 7. The average Bonchev–Trinajstić information content (AvgIpc) is 3.70. The van der Waals surface area contributed by atoms with Crippen molar-refractivity contribution in [1.82, 2.24) is 39.7 Å². The highest BCUT2D eigenvalue weighted by Crippen LogP contribution is 2.45. The molecule has 4 aromatic rings. The maximum Gasteiger partial charge on any atom is 0.291 e. The minimum atomic E-state index is -0.529. The first-order valence-corrected chi connectivity index (χ1v) is 12.9. The molecule has 12 heteroatoms. The van der Waals surface area contributed by atoms with Crippen molar-refractivity contribution >= 4 is 23.2 Å². The maximum absolute atomic E-state index is 13.1. The van der Waals surface area contributed by atoms with E-state index in [0.29, 0.717) is 36.2 Å². The summed E-state index contributed by atoms with van der Waals surface area (Å²) < 4.78 is 1.52. The Morgan fingerprint density at radius 2 is 1.89 bits per heavy atom. The van der Waals surface area contributed by atoms with E-state index in [-0.39, 0.29) is 41.3 Å². The molecule has 2 fully saturated rings. The molecular formula is C26H27N9O3. The summed E-state index contributed by atoms with van der Waals surface area (Å²) >= 11 is 0. The molecule has 4 aromatic heterocycles. The Hall–Kier alpha value is -4.19. The van der Waals surface area contributed by atoms with E-state index in [9.17, 15) is 14.7 Å². The summed E-state index contributed by atoms with van der Waals surface area (Å²) in [6.45, 7) is 1.50. The molecular weight excluding hydrogens is 486 g/mol. The van der Waals surface area contributed by atoms with Crippen molar-refractivity contribution in [3.8, 4) is 11.1 Å². The number of hydrogen-bond acceptors (Lipinski definition) is 9. The molecule has 0 saturated carbocycles. The number of aryl methyl sites for hydroxylation is 1. The SMILES string of the molecule is CC(=O)c1c(C2C[C@H]3CC[C@@H](C2)N3C(=O)c2ncn[nH]2)nc2c(-c3cnc4c(c3)CCC4O)cnn2c1N. The Bertz CT molecular complexity index is 1580. The van der Waals surface area contributed by atoms with Gasteiger partial charge in [-0.2, -0.15) is 14.7 Å². The number of pyridine rings is 1. The normalized spacial score (nSPS) is 24.2. The van der Waals surface area contributed by atoms with E-state index in [1.165, 1.54) is 17.8 Å². The molecule has 0 spiro atoms. The number of amides is 1. The first-order valence-electron chi connectivity index (χ1n) is 12.9. The molecule has 0 aromatic carbocycles. The van der Waals surface area contributed by atoms with E-state index in [0.717, 1.165) is 41.6 Å². The van der Waals surface area contributed by atoms with Gasteiger partial charge in [0.25, 0.3) is 5.91 Å². The molecule has 7 rings (SSSR count). The highest BCUT2D eigenvalue weighted by molar-refractivity contribution is 6.00. The van der Waals surface area contributed by atoms with Crippen LogP contribution in [-0.4, -0.2) is 68.5 Å². The summed E-state index contributed by atoms with van der Waals surface area (Å²) in [5, 5.41) is 21.1. The third-order valence-electron chi connectivity index (χ3n) is 8.35. The highest BCUT2D eigenvalue weighted by Gasteiger charge is 2.45. The molecule has 38 heavy (non-hydrogen) atoms. The van der Waals surface area contributed by atoms with Crippen molar-refractivity contribution in [2.24, 2.45) is 0 Å². The molecule has 2 bridgehead atoms. The van der Waals surface area contributed by atoms with Gasteiger partial charge in [0.1, 0.15) is 12.1 Å². The number of aliphatic hydroxyl groups is 1. The van der Waals surface area contributed by atoms with E-state index >= 15 is 0 Å². The number of rotatable bonds is 4. The van der Waals surface area contributed by atoms with Crippen molar-refractivity contribution in [3.05, 3.63) is 53.1 Å². The predicted molar refractivity (Wildman–Crippen MR) is 135 cm³/mol. The lowest BCUT2D eigenvalue weighted by atomic mass is 9.85. The van der Waals surface area contributed by atoms with E-state index in [4.69, 9.17) is 10.7 Å². The molecule has 2 unspecified atom stereocenters. The number of aromatic nitrogens is 7. The molecule has 12 nitrogen and oxygen atoms in total. The number of nitrogens with one attached hydrogen (secondary N) is 1. The van der Waals surface area contributed by atoms with Crippen LogP contribution in [0, 0.1) is 0 Å². The number of fused-ring (bicyclic) bond motifs is 4. The number of Topliss-reactive ketones (excluding diaryl/α,β-unsaturated/α-hetero) is 1. The Balaban J connectivity index is 1.29. The molecule has 6 heterocycles. The first-order chi connectivity index (χ1) is 18.4. The Morgan fingerprint density at radius 3 is 2.61 bits per heavy atom. The number of aromatic amines is 1. The summed E-state index contributed by atoms with van der Waals surface area (Å²) in [7, 11) is 0. The van der Waals surface area contributed by atoms with Crippen molar-refractivity contribution in [2.45, 2.75) is 69.6 Å². The molecule has 2 aliphatic heterocycles. The highest BCUT2D eigenvalue weighted by atomic mass is 16.3. The molecule has 4 N–H and O–H groups in total. The van der Waals surface area contributed by atoms with Crippen LogP contribution in [0.1, 0.15) is 89.0 Å². The number of carbonyl (C=O) groups is 2. The van der Waals surface area contributed by atoms with Crippen molar-refractivity contribution in [3.63, 3.8) is 0 Å². The largest absolute Gasteiger partial charge is 0.387 e. The van der Waals surface area contributed by atoms with Crippen molar-refractivity contribution < 1.29 is 14.7 Å². The van der Waals surface area contributed by atoms with Crippen LogP contribution >= 0.6 is 0 Å². The molecule has 3 aliphatic rings. The van der Waals surface area contributed by atoms with Gasteiger partial charge in [0.05, 0.1) is 29.3 Å². The lowest BCUT2D eigenvalue weighted by Crippen LogP contribution is -2.46. The second-order valence-electron chi connectivity index (χ2n) is 10.5. The van der Waals surface area contributed by atoms with Crippen molar-refractivity contribution in [2.75, 3.05) is 5.73 Å². The number of anilines is 1. The van der Waals surface area contributed by atoms with Gasteiger partial charge in [-0.05, 0) is 57.1 Å². The number of aliphatic hydroxyl groups excluding tert-OH is 1. The third-order valence-corrected chi connectivity index (χ3v) is 8.35. The molecule has 1 aliphatic carbocycles. The number of hydrogen-bond donors (Lipinski definition) is 3. The Kier molecular flexibility index (Phi) is 5.09. The number of H-pyrrole nitrogens is 1. The second-order valence-corrected chi connectivity index (χ2v) is 10.5. The molecule has 194 valence electrons. The zero-order chi connectivity index (χ0) is 26.1. The van der Waals surface area contributed by atoms with Crippen LogP contribution in [0.4, 0.5) is 5.82 Å². The smallest absolute Gasteiger partial charge is 0.291 e. The van der Waals surface area contributed by atoms with Crippen LogP contribution in [0.3, 0.4) is 0 Å². The van der Waals surface area contributed by atoms with E-state index in [2.05, 4.69) is 25.3 Å². The lowest BCUT2D eigenvalue weighted by Gasteiger charge is -2.38. The monoisotopic (exact) mass is 513 g/mol. The molecule has 0 radical (unpaired) electrons. The summed E-state index contributed by atoms with van der Waals surface area (Å²) in [5.74, 6) is 0.169. The van der Waals surface area contributed by atoms with Gasteiger partial charge in [0, 0.05) is 35.3 Å². The van der Waals surface area contributed by atoms with Crippen LogP contribution in [-0.2, 0) is 6.42 Å². The van der Waals surface area contributed by atoms with Gasteiger partial charge in [0.2, 0.25) is 5.82 Å². The Morgan fingerprint density at radius 1 is 1.11 bits per heavy atom. The van der Waals surface area contributed by atoms with Crippen LogP contribution < -0.4 is 5.73 Å². The van der Waals surface area contributed by atoms with Gasteiger partial charge >= 0.3 is 0 Å². The lowest BCUT2D eigenvalue weighted by molar-refractivity contribution is 0.0556. The van der Waals surface area contributed by atoms with Crippen LogP contribution in [0.15, 0.2) is 24.8 Å². The maximum atomic E-state index is 13.1. The van der Waals surface area contributed by atoms with Crippen LogP contribution in [0.5, 0.6) is 0 Å². The van der Waals surface area contributed by atoms with Gasteiger partial charge in [0.15, 0.2) is 11.4 Å². The number of carbonyl (C=O) groups excluding carboxylic acids is 2. The fourth-order valence-corrected chi connectivity index (χ4v) is 6.65. The first kappa shape index (κ1) is 23.0. The topological polar surface area (TPSA) is 168 Å². The summed E-state index contributed by atoms with van der Waals surface area (Å²) in [6, 6.07) is 2.07. The Labute approximate surface area is 217 Å². The second kappa shape index (κ2) is 8.42. The van der Waals surface area contributed by atoms with Gasteiger partial charge < -0.3 is 15.7 Å². The molecule has 4 atom stereocenters. The molecule has 1 amide bonds. The predicted octanol–water partition coefficient (Wildman–Crippen LogP) is 2.22. The fourth-order valence-electron chi connectivity index (χ4n) is 6.65. The summed E-state index contributed by atoms with van der Waals surface area (Å²) in [6.07, 6.45) is 8.80. The quantitative estimate of drug-likeness (QED) is 0.346. The van der Waals surface area contributed by atoms with E-state index < -0.39 is 6.10 Å². The van der Waals surface area contributed by atoms with E-state index in [1.54, 1.807) is 12.4 Å². The fraction of sp³-hybridized carbons (Fsp3) is 0.423. The summed E-state index contributed by atoms with van der Waals surface area (Å²) in [4.78, 5) is 41.4. The van der Waals surface area contributed by atoms with Crippen molar-refractivity contribution in [1.29, 1.82) is 0 Å². The third kappa shape index (κ3) is 3.36. The minimum absolute atomic E-state index is 0.0205. The number of nitrogen functional groups attached to an aromatic ring is 1. The minimum Gasteiger partial charge on any atom is -0.387 e. The van der Waals surface area contributed by atoms with Gasteiger partial charge in [-0.3, -0.25) is 19.7 Å². The number of nitrogens with two attached hydrogens (primary N) is 1. The van der Waals surface area contributed by atoms with Gasteiger partial charge in [-0.25, -0.2) is 9.97 Å². The zero-order valence-corrected chi connectivity index (χ0v) is 20.8. The van der Waals surface area contributed by atoms with Crippen LogP contribution in [0.25, 0.3) is 16.8 Å². The van der Waals surface area contributed by atoms with Gasteiger partial charge in [-0.15, -0.1) is 0 Å². The number of ketones is 1. The molecule has 2 saturated heterocycles. The van der Waals surface area contributed by atoms with E-state index in [1.807, 2.05) is 11.0 Å². The number of piperidine rings is 1. The average molecular weight is 514 g/mol. The van der Waals surface area contributed by atoms with Crippen LogP contribution in [0.2, 0.25) is 0 Å². The van der Waals surface area contributed by atoms with Gasteiger partial charge in [-0.1, -0.05) is 0 Å².